The quantitative estimate of drug-likeness (QED) is 0.567. The molecular formula is C11H11NO4. The largest absolute Gasteiger partial charge is 0.467 e. The van der Waals surface area contributed by atoms with Crippen LogP contribution < -0.4 is 4.74 Å². The number of benzene rings is 1. The van der Waals surface area contributed by atoms with E-state index in [4.69, 9.17) is 9.47 Å². The van der Waals surface area contributed by atoms with Gasteiger partial charge in [-0.05, 0) is 17.7 Å². The van der Waals surface area contributed by atoms with Crippen molar-refractivity contribution in [3.05, 3.63) is 45.1 Å². The number of allylic oxidation sites excluding steroid dienone is 1. The van der Waals surface area contributed by atoms with Crippen LogP contribution in [0.4, 0.5) is 0 Å². The first-order chi connectivity index (χ1) is 7.66. The van der Waals surface area contributed by atoms with E-state index in [1.807, 2.05) is 6.07 Å². The molecule has 1 heterocycles. The zero-order valence-corrected chi connectivity index (χ0v) is 8.80. The number of hydrogen-bond donors (Lipinski definition) is 0. The van der Waals surface area contributed by atoms with E-state index in [9.17, 15) is 10.1 Å². The number of hydrogen-bond acceptors (Lipinski definition) is 4. The summed E-state index contributed by atoms with van der Waals surface area (Å²) in [7, 11) is 0. The van der Waals surface area contributed by atoms with Gasteiger partial charge >= 0.3 is 0 Å². The Morgan fingerprint density at radius 1 is 1.56 bits per heavy atom. The SMILES string of the molecule is CC(=Cc1ccc2c(c1)COCO2)[N+](=O)[O-]. The Morgan fingerprint density at radius 3 is 3.12 bits per heavy atom. The lowest BCUT2D eigenvalue weighted by Gasteiger charge is -2.17. The van der Waals surface area contributed by atoms with E-state index < -0.39 is 4.92 Å². The van der Waals surface area contributed by atoms with Gasteiger partial charge in [0.15, 0.2) is 6.79 Å². The van der Waals surface area contributed by atoms with Gasteiger partial charge in [0.25, 0.3) is 0 Å². The molecule has 0 aromatic heterocycles. The van der Waals surface area contributed by atoms with Gasteiger partial charge < -0.3 is 9.47 Å². The number of ether oxygens (including phenoxy) is 2. The Bertz CT molecular complexity index is 453. The molecule has 5 heteroatoms. The van der Waals surface area contributed by atoms with Crippen LogP contribution in [0.2, 0.25) is 0 Å². The summed E-state index contributed by atoms with van der Waals surface area (Å²) in [4.78, 5) is 10.1. The minimum Gasteiger partial charge on any atom is -0.467 e. The van der Waals surface area contributed by atoms with E-state index in [-0.39, 0.29) is 12.5 Å². The Morgan fingerprint density at radius 2 is 2.38 bits per heavy atom. The maximum atomic E-state index is 10.5. The lowest BCUT2D eigenvalue weighted by molar-refractivity contribution is -0.422. The first-order valence-electron chi connectivity index (χ1n) is 4.83. The number of fused-ring (bicyclic) bond motifs is 1. The maximum absolute atomic E-state index is 10.5. The van der Waals surface area contributed by atoms with Gasteiger partial charge in [0.1, 0.15) is 5.75 Å². The number of nitro groups is 1. The molecule has 0 radical (unpaired) electrons. The molecule has 0 N–H and O–H groups in total. The van der Waals surface area contributed by atoms with Crippen molar-refractivity contribution in [2.45, 2.75) is 13.5 Å². The molecule has 2 rings (SSSR count). The summed E-state index contributed by atoms with van der Waals surface area (Å²) in [6, 6.07) is 5.43. The molecule has 0 saturated carbocycles. The molecule has 5 nitrogen and oxygen atoms in total. The molecule has 0 atom stereocenters. The van der Waals surface area contributed by atoms with Crippen molar-refractivity contribution in [2.24, 2.45) is 0 Å². The summed E-state index contributed by atoms with van der Waals surface area (Å²) in [6.45, 7) is 2.21. The standard InChI is InChI=1S/C11H11NO4/c1-8(12(13)14)4-9-2-3-11-10(5-9)6-15-7-16-11/h2-5H,6-7H2,1H3. The normalized spacial score (nSPS) is 15.2. The third kappa shape index (κ3) is 2.20. The minimum atomic E-state index is -0.410. The van der Waals surface area contributed by atoms with Gasteiger partial charge in [-0.15, -0.1) is 0 Å². The predicted octanol–water partition coefficient (Wildman–Crippen LogP) is 2.19. The van der Waals surface area contributed by atoms with Crippen molar-refractivity contribution in [1.82, 2.24) is 0 Å². The highest BCUT2D eigenvalue weighted by Gasteiger charge is 2.11. The van der Waals surface area contributed by atoms with Crippen molar-refractivity contribution in [3.63, 3.8) is 0 Å². The van der Waals surface area contributed by atoms with E-state index in [1.54, 1.807) is 12.1 Å². The Hall–Kier alpha value is -1.88. The topological polar surface area (TPSA) is 61.6 Å². The third-order valence-corrected chi connectivity index (χ3v) is 2.30. The second kappa shape index (κ2) is 4.32. The van der Waals surface area contributed by atoms with Gasteiger partial charge in [0, 0.05) is 18.6 Å². The fraction of sp³-hybridized carbons (Fsp3) is 0.273. The first kappa shape index (κ1) is 10.6. The van der Waals surface area contributed by atoms with Crippen molar-refractivity contribution in [3.8, 4) is 5.75 Å². The van der Waals surface area contributed by atoms with Crippen LogP contribution >= 0.6 is 0 Å². The van der Waals surface area contributed by atoms with Crippen LogP contribution in [-0.2, 0) is 11.3 Å². The van der Waals surface area contributed by atoms with Crippen LogP contribution in [0.5, 0.6) is 5.75 Å². The van der Waals surface area contributed by atoms with Crippen LogP contribution in [0.1, 0.15) is 18.1 Å². The fourth-order valence-corrected chi connectivity index (χ4v) is 1.49. The molecule has 0 unspecified atom stereocenters. The first-order valence-corrected chi connectivity index (χ1v) is 4.83. The highest BCUT2D eigenvalue weighted by atomic mass is 16.7. The molecular weight excluding hydrogens is 210 g/mol. The van der Waals surface area contributed by atoms with E-state index in [0.29, 0.717) is 6.61 Å². The predicted molar refractivity (Wildman–Crippen MR) is 57.4 cm³/mol. The second-order valence-corrected chi connectivity index (χ2v) is 3.52. The average molecular weight is 221 g/mol. The Kier molecular flexibility index (Phi) is 2.87. The summed E-state index contributed by atoms with van der Waals surface area (Å²) in [5.74, 6) is 0.780. The van der Waals surface area contributed by atoms with Gasteiger partial charge in [-0.2, -0.15) is 0 Å². The monoisotopic (exact) mass is 221 g/mol. The molecule has 1 aromatic rings. The van der Waals surface area contributed by atoms with Crippen molar-refractivity contribution < 1.29 is 14.4 Å². The molecule has 0 spiro atoms. The average Bonchev–Trinajstić information content (AvgIpc) is 2.28. The van der Waals surface area contributed by atoms with Crippen LogP contribution in [0.25, 0.3) is 6.08 Å². The van der Waals surface area contributed by atoms with E-state index >= 15 is 0 Å². The lowest BCUT2D eigenvalue weighted by Crippen LogP contribution is -2.11. The van der Waals surface area contributed by atoms with Crippen LogP contribution in [0, 0.1) is 10.1 Å². The van der Waals surface area contributed by atoms with Crippen molar-refractivity contribution in [1.29, 1.82) is 0 Å². The molecule has 1 aliphatic heterocycles. The van der Waals surface area contributed by atoms with Gasteiger partial charge in [-0.25, -0.2) is 0 Å². The van der Waals surface area contributed by atoms with Crippen LogP contribution in [0.3, 0.4) is 0 Å². The maximum Gasteiger partial charge on any atom is 0.243 e. The van der Waals surface area contributed by atoms with Crippen molar-refractivity contribution >= 4 is 6.08 Å². The zero-order valence-electron chi connectivity index (χ0n) is 8.80. The molecule has 0 fully saturated rings. The summed E-state index contributed by atoms with van der Waals surface area (Å²) in [5, 5.41) is 10.5. The molecule has 0 amide bonds. The highest BCUT2D eigenvalue weighted by Crippen LogP contribution is 2.25. The lowest BCUT2D eigenvalue weighted by atomic mass is 10.1. The van der Waals surface area contributed by atoms with Crippen molar-refractivity contribution in [2.75, 3.05) is 6.79 Å². The van der Waals surface area contributed by atoms with Gasteiger partial charge in [-0.3, -0.25) is 10.1 Å². The zero-order chi connectivity index (χ0) is 11.5. The molecule has 1 aliphatic rings. The third-order valence-electron chi connectivity index (χ3n) is 2.30. The fourth-order valence-electron chi connectivity index (χ4n) is 1.49. The summed E-state index contributed by atoms with van der Waals surface area (Å²) in [6.07, 6.45) is 1.52. The van der Waals surface area contributed by atoms with E-state index in [2.05, 4.69) is 0 Å². The summed E-state index contributed by atoms with van der Waals surface area (Å²) < 4.78 is 10.4. The minimum absolute atomic E-state index is 0.109. The summed E-state index contributed by atoms with van der Waals surface area (Å²) in [5.41, 5.74) is 1.80. The van der Waals surface area contributed by atoms with Gasteiger partial charge in [0.2, 0.25) is 5.70 Å². The molecule has 1 aromatic carbocycles. The van der Waals surface area contributed by atoms with E-state index in [0.717, 1.165) is 16.9 Å². The molecule has 0 bridgehead atoms. The summed E-state index contributed by atoms with van der Waals surface area (Å²) >= 11 is 0. The van der Waals surface area contributed by atoms with Crippen LogP contribution in [0.15, 0.2) is 23.9 Å². The smallest absolute Gasteiger partial charge is 0.243 e. The second-order valence-electron chi connectivity index (χ2n) is 3.52. The van der Waals surface area contributed by atoms with Gasteiger partial charge in [-0.1, -0.05) is 6.07 Å². The molecule has 0 saturated heterocycles. The number of nitrogens with zero attached hydrogens (tertiary/aromatic N) is 1. The van der Waals surface area contributed by atoms with Crippen LogP contribution in [-0.4, -0.2) is 11.7 Å². The van der Waals surface area contributed by atoms with Gasteiger partial charge in [0.05, 0.1) is 11.5 Å². The Balaban J connectivity index is 2.30. The molecule has 0 aliphatic carbocycles. The van der Waals surface area contributed by atoms with E-state index in [1.165, 1.54) is 13.0 Å². The highest BCUT2D eigenvalue weighted by molar-refractivity contribution is 5.54. The molecule has 84 valence electrons. The molecule has 16 heavy (non-hydrogen) atoms. The number of rotatable bonds is 2. The Labute approximate surface area is 92.4 Å².